The first kappa shape index (κ1) is 23.7. The molecule has 0 aliphatic carbocycles. The van der Waals surface area contributed by atoms with E-state index >= 15 is 0 Å². The van der Waals surface area contributed by atoms with Crippen LogP contribution in [0.1, 0.15) is 49.5 Å². The molecule has 0 saturated carbocycles. The van der Waals surface area contributed by atoms with E-state index in [1.54, 1.807) is 18.9 Å². The number of esters is 1. The molecular formula is C21H34N4O5S. The molecule has 3 heterocycles. The van der Waals surface area contributed by atoms with E-state index < -0.39 is 16.0 Å². The number of hydrogen-bond acceptors (Lipinski definition) is 6. The van der Waals surface area contributed by atoms with Crippen molar-refractivity contribution in [2.75, 3.05) is 46.4 Å². The Labute approximate surface area is 185 Å². The number of hydrogen-bond donors (Lipinski definition) is 0. The Morgan fingerprint density at radius 2 is 1.77 bits per heavy atom. The number of rotatable bonds is 7. The number of nitrogens with zero attached hydrogens (tertiary/aromatic N) is 4. The van der Waals surface area contributed by atoms with Crippen molar-refractivity contribution in [3.63, 3.8) is 0 Å². The van der Waals surface area contributed by atoms with Crippen LogP contribution in [0.2, 0.25) is 0 Å². The second-order valence-electron chi connectivity index (χ2n) is 8.36. The van der Waals surface area contributed by atoms with E-state index in [1.807, 2.05) is 0 Å². The van der Waals surface area contributed by atoms with Gasteiger partial charge in [0.1, 0.15) is 10.6 Å². The normalized spacial score (nSPS) is 19.0. The van der Waals surface area contributed by atoms with Gasteiger partial charge in [0, 0.05) is 39.4 Å². The van der Waals surface area contributed by atoms with E-state index in [4.69, 9.17) is 4.74 Å². The number of ether oxygens (including phenoxy) is 1. The molecule has 0 spiro atoms. The van der Waals surface area contributed by atoms with E-state index in [9.17, 15) is 18.0 Å². The van der Waals surface area contributed by atoms with Crippen LogP contribution in [0.4, 0.5) is 0 Å². The SMILES string of the molecule is CCOC(=O)c1cc(S(=O)(=O)N(C)CC(=O)N2CCC(N3CCCCC3)CC2)cn1C. The molecule has 2 fully saturated rings. The van der Waals surface area contributed by atoms with Crippen molar-refractivity contribution in [1.29, 1.82) is 0 Å². The summed E-state index contributed by atoms with van der Waals surface area (Å²) in [5.41, 5.74) is 0.153. The van der Waals surface area contributed by atoms with Crippen LogP contribution < -0.4 is 0 Å². The van der Waals surface area contributed by atoms with Crippen molar-refractivity contribution >= 4 is 21.9 Å². The van der Waals surface area contributed by atoms with Gasteiger partial charge in [0.25, 0.3) is 0 Å². The van der Waals surface area contributed by atoms with E-state index in [-0.39, 0.29) is 29.6 Å². The summed E-state index contributed by atoms with van der Waals surface area (Å²) in [5.74, 6) is -0.772. The molecule has 1 amide bonds. The van der Waals surface area contributed by atoms with Crippen molar-refractivity contribution < 1.29 is 22.7 Å². The first-order valence-corrected chi connectivity index (χ1v) is 12.5. The van der Waals surface area contributed by atoms with Crippen molar-refractivity contribution in [2.24, 2.45) is 7.05 Å². The van der Waals surface area contributed by atoms with Crippen molar-refractivity contribution in [2.45, 2.75) is 50.0 Å². The van der Waals surface area contributed by atoms with E-state index in [2.05, 4.69) is 4.90 Å². The molecule has 174 valence electrons. The monoisotopic (exact) mass is 454 g/mol. The molecule has 0 radical (unpaired) electrons. The molecule has 3 rings (SSSR count). The fourth-order valence-electron chi connectivity index (χ4n) is 4.40. The van der Waals surface area contributed by atoms with Gasteiger partial charge in [-0.25, -0.2) is 13.2 Å². The van der Waals surface area contributed by atoms with Crippen molar-refractivity contribution in [1.82, 2.24) is 18.7 Å². The van der Waals surface area contributed by atoms with Crippen LogP contribution in [0.3, 0.4) is 0 Å². The van der Waals surface area contributed by atoms with Gasteiger partial charge in [-0.1, -0.05) is 6.42 Å². The molecule has 0 aromatic carbocycles. The van der Waals surface area contributed by atoms with Gasteiger partial charge in [0.15, 0.2) is 0 Å². The highest BCUT2D eigenvalue weighted by Gasteiger charge is 2.31. The van der Waals surface area contributed by atoms with Crippen LogP contribution in [-0.2, 0) is 26.6 Å². The van der Waals surface area contributed by atoms with Gasteiger partial charge < -0.3 is 19.1 Å². The molecule has 1 aromatic heterocycles. The lowest BCUT2D eigenvalue weighted by Crippen LogP contribution is -2.50. The maximum absolute atomic E-state index is 12.9. The number of amides is 1. The number of aryl methyl sites for hydroxylation is 1. The first-order valence-electron chi connectivity index (χ1n) is 11.1. The summed E-state index contributed by atoms with van der Waals surface area (Å²) in [6.07, 6.45) is 7.04. The summed E-state index contributed by atoms with van der Waals surface area (Å²) in [5, 5.41) is 0. The molecule has 10 heteroatoms. The topological polar surface area (TPSA) is 92.2 Å². The minimum absolute atomic E-state index is 0.0304. The maximum atomic E-state index is 12.9. The molecule has 1 aromatic rings. The summed E-state index contributed by atoms with van der Waals surface area (Å²) in [6.45, 7) is 5.27. The number of aromatic nitrogens is 1. The number of sulfonamides is 1. The van der Waals surface area contributed by atoms with Gasteiger partial charge in [-0.3, -0.25) is 4.79 Å². The minimum atomic E-state index is -3.90. The predicted molar refractivity (Wildman–Crippen MR) is 116 cm³/mol. The molecule has 0 N–H and O–H groups in total. The molecule has 0 bridgehead atoms. The lowest BCUT2D eigenvalue weighted by molar-refractivity contribution is -0.132. The average Bonchev–Trinajstić information content (AvgIpc) is 3.17. The molecule has 2 aliphatic heterocycles. The highest BCUT2D eigenvalue weighted by Crippen LogP contribution is 2.22. The van der Waals surface area contributed by atoms with Gasteiger partial charge in [-0.2, -0.15) is 4.31 Å². The highest BCUT2D eigenvalue weighted by atomic mass is 32.2. The van der Waals surface area contributed by atoms with Gasteiger partial charge in [-0.05, 0) is 51.8 Å². The Hall–Kier alpha value is -1.91. The Kier molecular flexibility index (Phi) is 7.77. The lowest BCUT2D eigenvalue weighted by Gasteiger charge is -2.40. The fourth-order valence-corrected chi connectivity index (χ4v) is 5.59. The molecule has 0 unspecified atom stereocenters. The Morgan fingerprint density at radius 3 is 2.39 bits per heavy atom. The van der Waals surface area contributed by atoms with Gasteiger partial charge in [0.2, 0.25) is 15.9 Å². The number of carbonyl (C=O) groups excluding carboxylic acids is 2. The summed E-state index contributed by atoms with van der Waals surface area (Å²) in [4.78, 5) is 29.0. The third-order valence-electron chi connectivity index (χ3n) is 6.25. The summed E-state index contributed by atoms with van der Waals surface area (Å²) >= 11 is 0. The van der Waals surface area contributed by atoms with Crippen molar-refractivity contribution in [3.8, 4) is 0 Å². The average molecular weight is 455 g/mol. The maximum Gasteiger partial charge on any atom is 0.354 e. The van der Waals surface area contributed by atoms with Gasteiger partial charge in [-0.15, -0.1) is 0 Å². The zero-order chi connectivity index (χ0) is 22.6. The standard InChI is InChI=1S/C21H34N4O5S/c1-4-30-21(27)19-14-18(15-22(19)2)31(28,29)23(3)16-20(26)25-12-8-17(9-13-25)24-10-6-5-7-11-24/h14-15,17H,4-13,16H2,1-3H3. The van der Waals surface area contributed by atoms with E-state index in [0.29, 0.717) is 19.1 Å². The van der Waals surface area contributed by atoms with Crippen LogP contribution in [-0.4, -0.2) is 91.4 Å². The van der Waals surface area contributed by atoms with Crippen molar-refractivity contribution in [3.05, 3.63) is 18.0 Å². The number of likely N-dealkylation sites (N-methyl/N-ethyl adjacent to an activating group) is 1. The largest absolute Gasteiger partial charge is 0.461 e. The van der Waals surface area contributed by atoms with E-state index in [1.165, 1.54) is 43.1 Å². The highest BCUT2D eigenvalue weighted by molar-refractivity contribution is 7.89. The zero-order valence-corrected chi connectivity index (χ0v) is 19.6. The zero-order valence-electron chi connectivity index (χ0n) is 18.7. The molecule has 2 saturated heterocycles. The molecule has 2 aliphatic rings. The number of carbonyl (C=O) groups is 2. The minimum Gasteiger partial charge on any atom is -0.461 e. The van der Waals surface area contributed by atoms with Crippen LogP contribution >= 0.6 is 0 Å². The predicted octanol–water partition coefficient (Wildman–Crippen LogP) is 1.30. The summed E-state index contributed by atoms with van der Waals surface area (Å²) in [6, 6.07) is 1.81. The smallest absolute Gasteiger partial charge is 0.354 e. The Morgan fingerprint density at radius 1 is 1.13 bits per heavy atom. The summed E-state index contributed by atoms with van der Waals surface area (Å²) in [7, 11) is -0.922. The molecular weight excluding hydrogens is 420 g/mol. The second-order valence-corrected chi connectivity index (χ2v) is 10.4. The lowest BCUT2D eigenvalue weighted by atomic mass is 10.00. The van der Waals surface area contributed by atoms with E-state index in [0.717, 1.165) is 30.2 Å². The molecule has 9 nitrogen and oxygen atoms in total. The number of likely N-dealkylation sites (tertiary alicyclic amines) is 2. The van der Waals surface area contributed by atoms with Crippen LogP contribution in [0.5, 0.6) is 0 Å². The van der Waals surface area contributed by atoms with Gasteiger partial charge >= 0.3 is 5.97 Å². The third-order valence-corrected chi connectivity index (χ3v) is 8.02. The van der Waals surface area contributed by atoms with Gasteiger partial charge in [0.05, 0.1) is 13.2 Å². The van der Waals surface area contributed by atoms with Crippen LogP contribution in [0.15, 0.2) is 17.2 Å². The van der Waals surface area contributed by atoms with Crippen LogP contribution in [0.25, 0.3) is 0 Å². The Balaban J connectivity index is 1.58. The Bertz CT molecular complexity index is 884. The second kappa shape index (κ2) is 10.1. The molecule has 31 heavy (non-hydrogen) atoms. The van der Waals surface area contributed by atoms with Crippen LogP contribution in [0, 0.1) is 0 Å². The molecule has 0 atom stereocenters. The number of piperidine rings is 2. The third kappa shape index (κ3) is 5.48. The first-order chi connectivity index (χ1) is 14.7. The fraction of sp³-hybridized carbons (Fsp3) is 0.714. The quantitative estimate of drug-likeness (QED) is 0.577. The summed E-state index contributed by atoms with van der Waals surface area (Å²) < 4.78 is 33.3.